The Morgan fingerprint density at radius 3 is 2.67 bits per heavy atom. The number of benzene rings is 1. The summed E-state index contributed by atoms with van der Waals surface area (Å²) >= 11 is 5.27. The number of sulfonamides is 1. The van der Waals surface area contributed by atoms with Gasteiger partial charge in [0.2, 0.25) is 10.0 Å². The van der Waals surface area contributed by atoms with Crippen LogP contribution in [0.1, 0.15) is 25.3 Å². The van der Waals surface area contributed by atoms with E-state index in [9.17, 15) is 8.42 Å². The summed E-state index contributed by atoms with van der Waals surface area (Å²) in [5.74, 6) is 2.05. The third-order valence-corrected chi connectivity index (χ3v) is 6.95. The van der Waals surface area contributed by atoms with E-state index in [-0.39, 0.29) is 6.04 Å². The zero-order chi connectivity index (χ0) is 15.3. The third-order valence-electron chi connectivity index (χ3n) is 3.41. The van der Waals surface area contributed by atoms with Crippen molar-refractivity contribution >= 4 is 37.7 Å². The highest BCUT2D eigenvalue weighted by atomic mass is 79.9. The van der Waals surface area contributed by atoms with E-state index >= 15 is 0 Å². The van der Waals surface area contributed by atoms with Gasteiger partial charge in [-0.2, -0.15) is 11.8 Å². The molecular formula is C14H21BrN2O2S2. The van der Waals surface area contributed by atoms with Crippen LogP contribution in [-0.4, -0.2) is 32.5 Å². The maximum absolute atomic E-state index is 12.5. The minimum Gasteiger partial charge on any atom is -0.313 e. The molecule has 1 heterocycles. The molecule has 4 nitrogen and oxygen atoms in total. The van der Waals surface area contributed by atoms with Gasteiger partial charge < -0.3 is 5.32 Å². The Morgan fingerprint density at radius 2 is 2.05 bits per heavy atom. The SMILES string of the molecule is CCNCc1ccc(S(=O)(=O)NC2CCSCC2)c(Br)c1. The summed E-state index contributed by atoms with van der Waals surface area (Å²) in [6.45, 7) is 3.67. The van der Waals surface area contributed by atoms with E-state index < -0.39 is 10.0 Å². The lowest BCUT2D eigenvalue weighted by Crippen LogP contribution is -2.37. The molecule has 0 amide bonds. The molecule has 0 spiro atoms. The van der Waals surface area contributed by atoms with E-state index in [0.29, 0.717) is 9.37 Å². The van der Waals surface area contributed by atoms with Crippen molar-refractivity contribution in [1.29, 1.82) is 0 Å². The van der Waals surface area contributed by atoms with Crippen molar-refractivity contribution in [3.63, 3.8) is 0 Å². The van der Waals surface area contributed by atoms with E-state index in [1.54, 1.807) is 6.07 Å². The molecule has 0 radical (unpaired) electrons. The predicted octanol–water partition coefficient (Wildman–Crippen LogP) is 2.73. The molecule has 1 aliphatic heterocycles. The average molecular weight is 393 g/mol. The molecular weight excluding hydrogens is 372 g/mol. The molecule has 0 aromatic heterocycles. The molecule has 21 heavy (non-hydrogen) atoms. The second-order valence-electron chi connectivity index (χ2n) is 5.05. The van der Waals surface area contributed by atoms with Gasteiger partial charge in [0.05, 0.1) is 4.90 Å². The monoisotopic (exact) mass is 392 g/mol. The van der Waals surface area contributed by atoms with Crippen molar-refractivity contribution in [3.05, 3.63) is 28.2 Å². The maximum atomic E-state index is 12.5. The highest BCUT2D eigenvalue weighted by molar-refractivity contribution is 9.10. The normalized spacial score (nSPS) is 17.0. The Morgan fingerprint density at radius 1 is 1.33 bits per heavy atom. The Labute approximate surface area is 139 Å². The fraction of sp³-hybridized carbons (Fsp3) is 0.571. The summed E-state index contributed by atoms with van der Waals surface area (Å²) < 4.78 is 28.4. The van der Waals surface area contributed by atoms with Gasteiger partial charge in [-0.05, 0) is 64.5 Å². The summed E-state index contributed by atoms with van der Waals surface area (Å²) in [5, 5.41) is 3.23. The van der Waals surface area contributed by atoms with Crippen LogP contribution in [0.25, 0.3) is 0 Å². The first-order chi connectivity index (χ1) is 10.0. The topological polar surface area (TPSA) is 58.2 Å². The van der Waals surface area contributed by atoms with Crippen LogP contribution < -0.4 is 10.0 Å². The van der Waals surface area contributed by atoms with E-state index in [4.69, 9.17) is 0 Å². The molecule has 0 unspecified atom stereocenters. The lowest BCUT2D eigenvalue weighted by molar-refractivity contribution is 0.528. The molecule has 0 atom stereocenters. The molecule has 1 aliphatic rings. The van der Waals surface area contributed by atoms with Crippen molar-refractivity contribution in [3.8, 4) is 0 Å². The minimum atomic E-state index is -3.45. The maximum Gasteiger partial charge on any atom is 0.241 e. The molecule has 2 rings (SSSR count). The van der Waals surface area contributed by atoms with Gasteiger partial charge in [0.25, 0.3) is 0 Å². The van der Waals surface area contributed by atoms with Gasteiger partial charge >= 0.3 is 0 Å². The number of rotatable bonds is 6. The zero-order valence-corrected chi connectivity index (χ0v) is 15.3. The lowest BCUT2D eigenvalue weighted by Gasteiger charge is -2.22. The Kier molecular flexibility index (Phi) is 6.55. The highest BCUT2D eigenvalue weighted by Gasteiger charge is 2.23. The van der Waals surface area contributed by atoms with E-state index in [1.807, 2.05) is 30.8 Å². The number of thioether (sulfide) groups is 1. The zero-order valence-electron chi connectivity index (χ0n) is 12.1. The molecule has 2 N–H and O–H groups in total. The summed E-state index contributed by atoms with van der Waals surface area (Å²) in [7, 11) is -3.45. The van der Waals surface area contributed by atoms with Crippen LogP contribution >= 0.6 is 27.7 Å². The van der Waals surface area contributed by atoms with Crippen LogP contribution in [0.2, 0.25) is 0 Å². The Bertz CT molecular complexity index is 572. The highest BCUT2D eigenvalue weighted by Crippen LogP contribution is 2.25. The fourth-order valence-corrected chi connectivity index (χ4v) is 5.78. The second-order valence-corrected chi connectivity index (χ2v) is 8.81. The first-order valence-corrected chi connectivity index (χ1v) is 10.5. The van der Waals surface area contributed by atoms with Gasteiger partial charge in [-0.1, -0.05) is 13.0 Å². The molecule has 0 saturated carbocycles. The van der Waals surface area contributed by atoms with Gasteiger partial charge in [0.1, 0.15) is 0 Å². The third kappa shape index (κ3) is 4.96. The number of hydrogen-bond donors (Lipinski definition) is 2. The predicted molar refractivity (Wildman–Crippen MR) is 92.2 cm³/mol. The Balaban J connectivity index is 2.11. The van der Waals surface area contributed by atoms with Crippen molar-refractivity contribution in [2.75, 3.05) is 18.1 Å². The summed E-state index contributed by atoms with van der Waals surface area (Å²) in [6, 6.07) is 5.47. The van der Waals surface area contributed by atoms with Crippen LogP contribution in [-0.2, 0) is 16.6 Å². The smallest absolute Gasteiger partial charge is 0.241 e. The number of nitrogens with one attached hydrogen (secondary N) is 2. The van der Waals surface area contributed by atoms with E-state index in [1.165, 1.54) is 0 Å². The molecule has 118 valence electrons. The van der Waals surface area contributed by atoms with Gasteiger partial charge in [-0.25, -0.2) is 13.1 Å². The molecule has 0 bridgehead atoms. The Hall–Kier alpha value is -0.0800. The molecule has 0 aliphatic carbocycles. The summed E-state index contributed by atoms with van der Waals surface area (Å²) in [5.41, 5.74) is 1.07. The van der Waals surface area contributed by atoms with Gasteiger partial charge in [0, 0.05) is 17.1 Å². The first kappa shape index (κ1) is 17.3. The first-order valence-electron chi connectivity index (χ1n) is 7.12. The molecule has 1 fully saturated rings. The van der Waals surface area contributed by atoms with E-state index in [0.717, 1.165) is 43.0 Å². The fourth-order valence-electron chi connectivity index (χ4n) is 2.24. The quantitative estimate of drug-likeness (QED) is 0.781. The van der Waals surface area contributed by atoms with E-state index in [2.05, 4.69) is 26.0 Å². The van der Waals surface area contributed by atoms with Crippen molar-refractivity contribution in [2.45, 2.75) is 37.2 Å². The van der Waals surface area contributed by atoms with Crippen molar-refractivity contribution < 1.29 is 8.42 Å². The molecule has 1 aromatic rings. The summed E-state index contributed by atoms with van der Waals surface area (Å²) in [4.78, 5) is 0.320. The van der Waals surface area contributed by atoms with Gasteiger partial charge in [0.15, 0.2) is 0 Å². The van der Waals surface area contributed by atoms with Crippen LogP contribution in [0, 0.1) is 0 Å². The van der Waals surface area contributed by atoms with Crippen molar-refractivity contribution in [2.24, 2.45) is 0 Å². The van der Waals surface area contributed by atoms with Crippen LogP contribution in [0.15, 0.2) is 27.6 Å². The van der Waals surface area contributed by atoms with Crippen LogP contribution in [0.5, 0.6) is 0 Å². The minimum absolute atomic E-state index is 0.0598. The molecule has 7 heteroatoms. The molecule has 1 saturated heterocycles. The summed E-state index contributed by atoms with van der Waals surface area (Å²) in [6.07, 6.45) is 1.81. The van der Waals surface area contributed by atoms with Gasteiger partial charge in [-0.15, -0.1) is 0 Å². The molecule has 1 aromatic carbocycles. The largest absolute Gasteiger partial charge is 0.313 e. The van der Waals surface area contributed by atoms with Gasteiger partial charge in [-0.3, -0.25) is 0 Å². The lowest BCUT2D eigenvalue weighted by atomic mass is 10.2. The second kappa shape index (κ2) is 7.97. The standard InChI is InChI=1S/C14H21BrN2O2S2/c1-2-16-10-11-3-4-14(13(15)9-11)21(18,19)17-12-5-7-20-8-6-12/h3-4,9,12,16-17H,2,5-8,10H2,1H3. The average Bonchev–Trinajstić information content (AvgIpc) is 2.45. The number of halogens is 1. The number of hydrogen-bond acceptors (Lipinski definition) is 4. The van der Waals surface area contributed by atoms with Crippen LogP contribution in [0.3, 0.4) is 0 Å². The van der Waals surface area contributed by atoms with Crippen molar-refractivity contribution in [1.82, 2.24) is 10.0 Å². The van der Waals surface area contributed by atoms with Crippen LogP contribution in [0.4, 0.5) is 0 Å².